The largest absolute Gasteiger partial charge is 0.472 e. The van der Waals surface area contributed by atoms with Crippen LogP contribution >= 0.6 is 0 Å². The normalized spacial score (nSPS) is 21.1. The van der Waals surface area contributed by atoms with Crippen molar-refractivity contribution in [1.29, 1.82) is 0 Å². The van der Waals surface area contributed by atoms with Crippen molar-refractivity contribution in [3.63, 3.8) is 0 Å². The number of furan rings is 1. The molecule has 2 rings (SSSR count). The van der Waals surface area contributed by atoms with E-state index in [1.165, 1.54) is 37.7 Å². The molecule has 1 aromatic heterocycles. The molecule has 0 amide bonds. The number of nitrogens with one attached hydrogen (secondary N) is 1. The number of hydrogen-bond acceptors (Lipinski definition) is 3. The first-order valence-corrected chi connectivity index (χ1v) is 6.28. The Labute approximate surface area is 97.4 Å². The zero-order valence-electron chi connectivity index (χ0n) is 10.0. The van der Waals surface area contributed by atoms with Gasteiger partial charge in [0.25, 0.3) is 0 Å². The van der Waals surface area contributed by atoms with Gasteiger partial charge in [-0.2, -0.15) is 0 Å². The average Bonchev–Trinajstić information content (AvgIpc) is 2.97. The lowest BCUT2D eigenvalue weighted by Gasteiger charge is -2.36. The van der Waals surface area contributed by atoms with Crippen molar-refractivity contribution in [3.8, 4) is 0 Å². The number of hydrogen-bond donors (Lipinski definition) is 2. The molecule has 3 nitrogen and oxygen atoms in total. The molecule has 1 saturated carbocycles. The SMILES string of the molecule is CCC1(C(Cc2ccoc2)NN)CCCC1. The highest BCUT2D eigenvalue weighted by molar-refractivity contribution is 5.10. The van der Waals surface area contributed by atoms with Gasteiger partial charge in [0.1, 0.15) is 0 Å². The zero-order valence-corrected chi connectivity index (χ0v) is 10.0. The standard InChI is InChI=1S/C13H22N2O/c1-2-13(6-3-4-7-13)12(15-14)9-11-5-8-16-10-11/h5,8,10,12,15H,2-4,6-7,9,14H2,1H3. The van der Waals surface area contributed by atoms with E-state index < -0.39 is 0 Å². The van der Waals surface area contributed by atoms with Crippen LogP contribution in [0.5, 0.6) is 0 Å². The van der Waals surface area contributed by atoms with E-state index in [0.29, 0.717) is 11.5 Å². The maximum atomic E-state index is 5.75. The van der Waals surface area contributed by atoms with Crippen LogP contribution in [0.3, 0.4) is 0 Å². The van der Waals surface area contributed by atoms with Crippen molar-refractivity contribution in [2.75, 3.05) is 0 Å². The van der Waals surface area contributed by atoms with Crippen LogP contribution in [0.15, 0.2) is 23.0 Å². The van der Waals surface area contributed by atoms with Crippen LogP contribution in [0.1, 0.15) is 44.6 Å². The van der Waals surface area contributed by atoms with Crippen molar-refractivity contribution < 1.29 is 4.42 Å². The van der Waals surface area contributed by atoms with Gasteiger partial charge in [-0.1, -0.05) is 19.8 Å². The van der Waals surface area contributed by atoms with Gasteiger partial charge in [-0.25, -0.2) is 0 Å². The van der Waals surface area contributed by atoms with Gasteiger partial charge in [0.15, 0.2) is 0 Å². The lowest BCUT2D eigenvalue weighted by atomic mass is 9.74. The second-order valence-electron chi connectivity index (χ2n) is 4.98. The van der Waals surface area contributed by atoms with Crippen molar-refractivity contribution in [2.45, 2.75) is 51.5 Å². The van der Waals surface area contributed by atoms with Gasteiger partial charge in [-0.3, -0.25) is 11.3 Å². The third kappa shape index (κ3) is 2.15. The summed E-state index contributed by atoms with van der Waals surface area (Å²) in [5.41, 5.74) is 4.67. The molecule has 3 N–H and O–H groups in total. The lowest BCUT2D eigenvalue weighted by molar-refractivity contribution is 0.185. The highest BCUT2D eigenvalue weighted by atomic mass is 16.3. The molecule has 1 atom stereocenters. The summed E-state index contributed by atoms with van der Waals surface area (Å²) < 4.78 is 5.12. The fourth-order valence-corrected chi connectivity index (χ4v) is 3.12. The Kier molecular flexibility index (Phi) is 3.66. The zero-order chi connectivity index (χ0) is 11.4. The first-order chi connectivity index (χ1) is 7.80. The quantitative estimate of drug-likeness (QED) is 0.595. The monoisotopic (exact) mass is 222 g/mol. The van der Waals surface area contributed by atoms with Crippen LogP contribution in [-0.2, 0) is 6.42 Å². The highest BCUT2D eigenvalue weighted by Gasteiger charge is 2.39. The summed E-state index contributed by atoms with van der Waals surface area (Å²) in [4.78, 5) is 0. The average molecular weight is 222 g/mol. The Hall–Kier alpha value is -0.800. The third-order valence-electron chi connectivity index (χ3n) is 4.26. The number of hydrazine groups is 1. The second kappa shape index (κ2) is 5.02. The molecule has 1 aliphatic carbocycles. The molecule has 16 heavy (non-hydrogen) atoms. The molecule has 1 unspecified atom stereocenters. The number of nitrogens with two attached hydrogens (primary N) is 1. The molecular formula is C13H22N2O. The van der Waals surface area contributed by atoms with E-state index in [1.54, 1.807) is 6.26 Å². The Balaban J connectivity index is 2.08. The molecule has 0 aromatic carbocycles. The van der Waals surface area contributed by atoms with Gasteiger partial charge >= 0.3 is 0 Å². The Morgan fingerprint density at radius 2 is 2.25 bits per heavy atom. The molecule has 0 aliphatic heterocycles. The molecular weight excluding hydrogens is 200 g/mol. The molecule has 0 saturated heterocycles. The van der Waals surface area contributed by atoms with E-state index in [2.05, 4.69) is 12.3 Å². The summed E-state index contributed by atoms with van der Waals surface area (Å²) in [5.74, 6) is 5.75. The molecule has 0 spiro atoms. The summed E-state index contributed by atoms with van der Waals surface area (Å²) in [6, 6.07) is 2.40. The maximum Gasteiger partial charge on any atom is 0.0935 e. The summed E-state index contributed by atoms with van der Waals surface area (Å²) in [7, 11) is 0. The van der Waals surface area contributed by atoms with Crippen molar-refractivity contribution in [1.82, 2.24) is 5.43 Å². The van der Waals surface area contributed by atoms with Crippen LogP contribution in [0.25, 0.3) is 0 Å². The molecule has 1 aliphatic rings. The molecule has 0 radical (unpaired) electrons. The maximum absolute atomic E-state index is 5.75. The van der Waals surface area contributed by atoms with E-state index >= 15 is 0 Å². The molecule has 1 heterocycles. The van der Waals surface area contributed by atoms with E-state index in [0.717, 1.165) is 6.42 Å². The fourth-order valence-electron chi connectivity index (χ4n) is 3.12. The molecule has 3 heteroatoms. The summed E-state index contributed by atoms with van der Waals surface area (Å²) in [5, 5.41) is 0. The van der Waals surface area contributed by atoms with Crippen LogP contribution in [-0.4, -0.2) is 6.04 Å². The molecule has 1 aromatic rings. The predicted octanol–water partition coefficient (Wildman–Crippen LogP) is 2.62. The van der Waals surface area contributed by atoms with Crippen molar-refractivity contribution >= 4 is 0 Å². The summed E-state index contributed by atoms with van der Waals surface area (Å²) in [6.45, 7) is 2.28. The predicted molar refractivity (Wildman–Crippen MR) is 64.7 cm³/mol. The second-order valence-corrected chi connectivity index (χ2v) is 4.98. The smallest absolute Gasteiger partial charge is 0.0935 e. The molecule has 1 fully saturated rings. The fraction of sp³-hybridized carbons (Fsp3) is 0.692. The van der Waals surface area contributed by atoms with Gasteiger partial charge in [-0.15, -0.1) is 0 Å². The van der Waals surface area contributed by atoms with E-state index in [4.69, 9.17) is 10.3 Å². The van der Waals surface area contributed by atoms with E-state index in [-0.39, 0.29) is 0 Å². The Bertz CT molecular complexity index is 302. The van der Waals surface area contributed by atoms with E-state index in [9.17, 15) is 0 Å². The van der Waals surface area contributed by atoms with Crippen LogP contribution in [0.4, 0.5) is 0 Å². The van der Waals surface area contributed by atoms with Crippen molar-refractivity contribution in [2.24, 2.45) is 11.3 Å². The summed E-state index contributed by atoms with van der Waals surface area (Å²) in [6.07, 6.45) is 11.0. The van der Waals surface area contributed by atoms with E-state index in [1.807, 2.05) is 12.3 Å². The van der Waals surface area contributed by atoms with Gasteiger partial charge in [0.2, 0.25) is 0 Å². The first kappa shape index (κ1) is 11.7. The van der Waals surface area contributed by atoms with Crippen LogP contribution in [0, 0.1) is 5.41 Å². The van der Waals surface area contributed by atoms with Crippen LogP contribution < -0.4 is 11.3 Å². The van der Waals surface area contributed by atoms with Crippen molar-refractivity contribution in [3.05, 3.63) is 24.2 Å². The van der Waals surface area contributed by atoms with Gasteiger partial charge in [-0.05, 0) is 42.7 Å². The minimum absolute atomic E-state index is 0.373. The molecule has 90 valence electrons. The first-order valence-electron chi connectivity index (χ1n) is 6.28. The summed E-state index contributed by atoms with van der Waals surface area (Å²) >= 11 is 0. The Morgan fingerprint density at radius 3 is 2.75 bits per heavy atom. The minimum atomic E-state index is 0.373. The third-order valence-corrected chi connectivity index (χ3v) is 4.26. The molecule has 0 bridgehead atoms. The van der Waals surface area contributed by atoms with Gasteiger partial charge in [0, 0.05) is 6.04 Å². The Morgan fingerprint density at radius 1 is 1.50 bits per heavy atom. The lowest BCUT2D eigenvalue weighted by Crippen LogP contribution is -2.48. The van der Waals surface area contributed by atoms with Crippen LogP contribution in [0.2, 0.25) is 0 Å². The number of rotatable bonds is 5. The van der Waals surface area contributed by atoms with Gasteiger partial charge in [0.05, 0.1) is 12.5 Å². The topological polar surface area (TPSA) is 51.2 Å². The highest BCUT2D eigenvalue weighted by Crippen LogP contribution is 2.44. The minimum Gasteiger partial charge on any atom is -0.472 e. The van der Waals surface area contributed by atoms with Gasteiger partial charge < -0.3 is 4.42 Å².